The highest BCUT2D eigenvalue weighted by molar-refractivity contribution is 6.37. The highest BCUT2D eigenvalue weighted by Gasteiger charge is 2.36. The molecule has 3 aromatic rings. The van der Waals surface area contributed by atoms with Crippen molar-refractivity contribution in [2.75, 3.05) is 26.8 Å². The monoisotopic (exact) mass is 645 g/mol. The van der Waals surface area contributed by atoms with Crippen LogP contribution in [0.25, 0.3) is 0 Å². The van der Waals surface area contributed by atoms with E-state index in [1.165, 1.54) is 6.92 Å². The summed E-state index contributed by atoms with van der Waals surface area (Å²) in [5.74, 6) is 0.781. The van der Waals surface area contributed by atoms with E-state index < -0.39 is 0 Å². The molecule has 0 aromatic heterocycles. The van der Waals surface area contributed by atoms with Crippen molar-refractivity contribution in [2.45, 2.75) is 52.2 Å². The molecule has 1 aliphatic rings. The van der Waals surface area contributed by atoms with Gasteiger partial charge < -0.3 is 25.0 Å². The lowest BCUT2D eigenvalue weighted by atomic mass is 9.97. The van der Waals surface area contributed by atoms with Gasteiger partial charge in [-0.15, -0.1) is 0 Å². The zero-order valence-electron chi connectivity index (χ0n) is 24.7. The van der Waals surface area contributed by atoms with Gasteiger partial charge in [-0.3, -0.25) is 9.59 Å². The molecule has 0 heterocycles. The van der Waals surface area contributed by atoms with Crippen molar-refractivity contribution in [3.63, 3.8) is 0 Å². The molecule has 0 aliphatic heterocycles. The van der Waals surface area contributed by atoms with Crippen LogP contribution in [0.1, 0.15) is 42.0 Å². The second kappa shape index (κ2) is 15.2. The highest BCUT2D eigenvalue weighted by Crippen LogP contribution is 2.34. The van der Waals surface area contributed by atoms with Crippen LogP contribution in [0.2, 0.25) is 15.1 Å². The molecule has 1 aliphatic carbocycles. The first-order chi connectivity index (χ1) is 20.5. The lowest BCUT2D eigenvalue weighted by molar-refractivity contribution is -0.136. The summed E-state index contributed by atoms with van der Waals surface area (Å²) in [7, 11) is 1.76. The summed E-state index contributed by atoms with van der Waals surface area (Å²) in [5, 5.41) is 1.53. The van der Waals surface area contributed by atoms with Crippen molar-refractivity contribution in [1.29, 1.82) is 0 Å². The number of hydrogen-bond donors (Lipinski definition) is 1. The smallest absolute Gasteiger partial charge is 0.227 e. The highest BCUT2D eigenvalue weighted by atomic mass is 35.5. The summed E-state index contributed by atoms with van der Waals surface area (Å²) >= 11 is 19.0. The molecule has 0 bridgehead atoms. The number of halogens is 3. The Morgan fingerprint density at radius 1 is 0.907 bits per heavy atom. The van der Waals surface area contributed by atoms with Gasteiger partial charge in [-0.1, -0.05) is 59.1 Å². The molecule has 1 saturated carbocycles. The molecule has 1 atom stereocenters. The number of rotatable bonds is 14. The second-order valence-electron chi connectivity index (χ2n) is 11.0. The Labute approximate surface area is 268 Å². The molecular formula is C33H38Cl3N3O4. The molecule has 0 spiro atoms. The maximum Gasteiger partial charge on any atom is 0.227 e. The number of benzene rings is 3. The number of carbonyl (C=O) groups excluding carboxylic acids is 2. The van der Waals surface area contributed by atoms with Gasteiger partial charge in [-0.05, 0) is 78.8 Å². The van der Waals surface area contributed by atoms with Gasteiger partial charge in [0.1, 0.15) is 19.0 Å². The third-order valence-electron chi connectivity index (χ3n) is 7.46. The Hall–Kier alpha value is -2.97. The van der Waals surface area contributed by atoms with E-state index in [1.807, 2.05) is 54.3 Å². The predicted molar refractivity (Wildman–Crippen MR) is 172 cm³/mol. The maximum absolute atomic E-state index is 13.7. The van der Waals surface area contributed by atoms with Crippen LogP contribution in [0.4, 0.5) is 0 Å². The van der Waals surface area contributed by atoms with E-state index in [1.54, 1.807) is 24.1 Å². The number of carbonyl (C=O) groups is 2. The molecule has 0 saturated heterocycles. The fourth-order valence-corrected chi connectivity index (χ4v) is 5.71. The Bertz CT molecular complexity index is 1410. The van der Waals surface area contributed by atoms with Gasteiger partial charge in [-0.25, -0.2) is 0 Å². The van der Waals surface area contributed by atoms with E-state index in [0.717, 1.165) is 35.1 Å². The minimum absolute atomic E-state index is 0.0143. The fourth-order valence-electron chi connectivity index (χ4n) is 4.83. The lowest BCUT2D eigenvalue weighted by Crippen LogP contribution is -2.41. The largest absolute Gasteiger partial charge is 0.490 e. The van der Waals surface area contributed by atoms with E-state index in [0.29, 0.717) is 52.7 Å². The summed E-state index contributed by atoms with van der Waals surface area (Å²) in [5.41, 5.74) is 9.92. The molecule has 3 aromatic carbocycles. The molecule has 2 N–H and O–H groups in total. The Morgan fingerprint density at radius 2 is 1.53 bits per heavy atom. The van der Waals surface area contributed by atoms with Gasteiger partial charge in [0, 0.05) is 44.7 Å². The van der Waals surface area contributed by atoms with Crippen LogP contribution in [0, 0.1) is 12.8 Å². The van der Waals surface area contributed by atoms with Gasteiger partial charge in [-0.2, -0.15) is 0 Å². The average Bonchev–Trinajstić information content (AvgIpc) is 3.81. The Kier molecular flexibility index (Phi) is 11.6. The average molecular weight is 647 g/mol. The zero-order chi connectivity index (χ0) is 31.1. The van der Waals surface area contributed by atoms with Crippen molar-refractivity contribution in [1.82, 2.24) is 9.80 Å². The zero-order valence-corrected chi connectivity index (χ0v) is 27.0. The normalized spacial score (nSPS) is 13.4. The van der Waals surface area contributed by atoms with Gasteiger partial charge in [0.05, 0.1) is 16.0 Å². The number of nitrogens with two attached hydrogens (primary N) is 1. The molecule has 0 radical (unpaired) electrons. The number of amides is 2. The fraction of sp³-hybridized carbons (Fsp3) is 0.394. The van der Waals surface area contributed by atoms with Crippen LogP contribution in [-0.4, -0.2) is 54.5 Å². The molecule has 43 heavy (non-hydrogen) atoms. The van der Waals surface area contributed by atoms with Crippen molar-refractivity contribution in [2.24, 2.45) is 11.7 Å². The summed E-state index contributed by atoms with van der Waals surface area (Å²) in [4.78, 5) is 29.0. The molecule has 2 amide bonds. The molecule has 4 rings (SSSR count). The lowest BCUT2D eigenvalue weighted by Gasteiger charge is -2.28. The van der Waals surface area contributed by atoms with Crippen LogP contribution in [-0.2, 0) is 29.1 Å². The van der Waals surface area contributed by atoms with Gasteiger partial charge in [0.2, 0.25) is 11.8 Å². The summed E-state index contributed by atoms with van der Waals surface area (Å²) in [6, 6.07) is 17.2. The summed E-state index contributed by atoms with van der Waals surface area (Å²) in [6.07, 6.45) is 2.44. The number of hydrogen-bond acceptors (Lipinski definition) is 5. The number of aryl methyl sites for hydroxylation is 1. The van der Waals surface area contributed by atoms with Gasteiger partial charge in [0.15, 0.2) is 5.75 Å². The first-order valence-electron chi connectivity index (χ1n) is 14.4. The maximum atomic E-state index is 13.7. The summed E-state index contributed by atoms with van der Waals surface area (Å²) in [6.45, 7) is 5.17. The van der Waals surface area contributed by atoms with Crippen molar-refractivity contribution >= 4 is 46.6 Å². The van der Waals surface area contributed by atoms with Crippen molar-refractivity contribution in [3.8, 4) is 11.5 Å². The van der Waals surface area contributed by atoms with E-state index in [-0.39, 0.29) is 36.9 Å². The molecule has 7 nitrogen and oxygen atoms in total. The number of nitrogens with zero attached hydrogens (tertiary/aromatic N) is 2. The molecular weight excluding hydrogens is 609 g/mol. The molecule has 10 heteroatoms. The molecule has 230 valence electrons. The molecule has 0 unspecified atom stereocenters. The van der Waals surface area contributed by atoms with Crippen molar-refractivity contribution < 1.29 is 19.1 Å². The third-order valence-corrected chi connectivity index (χ3v) is 8.39. The minimum Gasteiger partial charge on any atom is -0.490 e. The topological polar surface area (TPSA) is 85.1 Å². The van der Waals surface area contributed by atoms with Crippen molar-refractivity contribution in [3.05, 3.63) is 91.9 Å². The van der Waals surface area contributed by atoms with Crippen LogP contribution < -0.4 is 15.2 Å². The van der Waals surface area contributed by atoms with E-state index in [4.69, 9.17) is 50.0 Å². The SMILES string of the molecule is CC(=O)N(C)Cc1ccc(Cl)c(CN(C(=O)[C@@H](CN)Cc2ccc(OCCOc3c(Cl)cc(C)cc3Cl)cc2)C2CC2)c1. The quantitative estimate of drug-likeness (QED) is 0.197. The first kappa shape index (κ1) is 32.9. The standard InChI is InChI=1S/C33H38Cl3N3O4/c1-21-14-30(35)32(31(36)15-21)43-13-12-42-28-9-4-23(5-10-28)16-25(18-37)33(41)39(27-7-8-27)20-26-17-24(6-11-29(26)34)19-38(3)22(2)40/h4-6,9-11,14-15,17,25,27H,7-8,12-13,16,18-20,37H2,1-3H3/t25-/m1/s1. The summed E-state index contributed by atoms with van der Waals surface area (Å²) < 4.78 is 11.5. The van der Waals surface area contributed by atoms with Gasteiger partial charge in [0.25, 0.3) is 0 Å². The van der Waals surface area contributed by atoms with E-state index >= 15 is 0 Å². The Morgan fingerprint density at radius 3 is 2.14 bits per heavy atom. The number of ether oxygens (including phenoxy) is 2. The van der Waals surface area contributed by atoms with Gasteiger partial charge >= 0.3 is 0 Å². The van der Waals surface area contributed by atoms with Crippen LogP contribution >= 0.6 is 34.8 Å². The van der Waals surface area contributed by atoms with Crippen LogP contribution in [0.15, 0.2) is 54.6 Å². The van der Waals surface area contributed by atoms with E-state index in [9.17, 15) is 9.59 Å². The first-order valence-corrected chi connectivity index (χ1v) is 15.5. The minimum atomic E-state index is -0.365. The second-order valence-corrected chi connectivity index (χ2v) is 12.3. The molecule has 1 fully saturated rings. The predicted octanol–water partition coefficient (Wildman–Crippen LogP) is 6.70. The van der Waals surface area contributed by atoms with E-state index in [2.05, 4.69) is 0 Å². The Balaban J connectivity index is 1.34. The van der Waals surface area contributed by atoms with Crippen LogP contribution in [0.5, 0.6) is 11.5 Å². The third kappa shape index (κ3) is 9.26. The van der Waals surface area contributed by atoms with Crippen LogP contribution in [0.3, 0.4) is 0 Å².